The third-order valence-corrected chi connectivity index (χ3v) is 3.47. The van der Waals surface area contributed by atoms with Crippen molar-refractivity contribution >= 4 is 23.1 Å². The van der Waals surface area contributed by atoms with E-state index >= 15 is 0 Å². The molecule has 0 fully saturated rings. The highest BCUT2D eigenvalue weighted by molar-refractivity contribution is 7.71. The van der Waals surface area contributed by atoms with Gasteiger partial charge >= 0.3 is 0 Å². The molecule has 0 saturated heterocycles. The van der Waals surface area contributed by atoms with Crippen LogP contribution >= 0.6 is 12.2 Å². The Hall–Kier alpha value is -2.27. The van der Waals surface area contributed by atoms with E-state index in [1.165, 1.54) is 0 Å². The number of pyridine rings is 1. The molecule has 0 aliphatic heterocycles. The van der Waals surface area contributed by atoms with E-state index in [-0.39, 0.29) is 0 Å². The normalized spacial score (nSPS) is 10.8. The molecule has 100 valence electrons. The fourth-order valence-electron chi connectivity index (χ4n) is 2.31. The van der Waals surface area contributed by atoms with Crippen LogP contribution in [0.5, 0.6) is 0 Å². The Morgan fingerprint density at radius 2 is 2.20 bits per heavy atom. The van der Waals surface area contributed by atoms with E-state index in [1.54, 1.807) is 0 Å². The van der Waals surface area contributed by atoms with E-state index in [1.807, 2.05) is 47.9 Å². The molecule has 2 aromatic heterocycles. The van der Waals surface area contributed by atoms with E-state index in [0.29, 0.717) is 11.3 Å². The van der Waals surface area contributed by atoms with E-state index < -0.39 is 0 Å². The summed E-state index contributed by atoms with van der Waals surface area (Å²) in [6.07, 6.45) is 1.81. The Morgan fingerprint density at radius 3 is 3.00 bits per heavy atom. The lowest BCUT2D eigenvalue weighted by Gasteiger charge is -2.08. The van der Waals surface area contributed by atoms with Gasteiger partial charge < -0.3 is 0 Å². The maximum atomic E-state index is 5.28. The van der Waals surface area contributed by atoms with Gasteiger partial charge in [-0.05, 0) is 31.3 Å². The van der Waals surface area contributed by atoms with Crippen molar-refractivity contribution in [3.63, 3.8) is 0 Å². The van der Waals surface area contributed by atoms with Crippen molar-refractivity contribution in [2.75, 3.05) is 0 Å². The van der Waals surface area contributed by atoms with Gasteiger partial charge in [-0.1, -0.05) is 24.3 Å². The Labute approximate surface area is 121 Å². The maximum absolute atomic E-state index is 5.28. The molecule has 1 N–H and O–H groups in total. The minimum atomic E-state index is 0.596. The van der Waals surface area contributed by atoms with Crippen LogP contribution in [0.2, 0.25) is 0 Å². The lowest BCUT2D eigenvalue weighted by molar-refractivity contribution is 0.814. The number of fused-ring (bicyclic) bond motifs is 1. The molecule has 0 aliphatic rings. The van der Waals surface area contributed by atoms with Crippen LogP contribution < -0.4 is 0 Å². The summed E-state index contributed by atoms with van der Waals surface area (Å²) in [5.74, 6) is 0.816. The topological polar surface area (TPSA) is 46.5 Å². The van der Waals surface area contributed by atoms with Crippen LogP contribution in [-0.4, -0.2) is 19.7 Å². The third kappa shape index (κ3) is 2.06. The minimum absolute atomic E-state index is 0.596. The van der Waals surface area contributed by atoms with Gasteiger partial charge in [-0.25, -0.2) is 0 Å². The van der Waals surface area contributed by atoms with Crippen LogP contribution in [0.15, 0.2) is 43.0 Å². The van der Waals surface area contributed by atoms with Gasteiger partial charge in [0.2, 0.25) is 0 Å². The lowest BCUT2D eigenvalue weighted by atomic mass is 10.1. The van der Waals surface area contributed by atoms with Crippen molar-refractivity contribution in [3.05, 3.63) is 53.5 Å². The summed E-state index contributed by atoms with van der Waals surface area (Å²) < 4.78 is 2.53. The number of aryl methyl sites for hydroxylation is 1. The quantitative estimate of drug-likeness (QED) is 0.589. The van der Waals surface area contributed by atoms with E-state index in [2.05, 4.69) is 21.8 Å². The molecule has 0 atom stereocenters. The predicted octanol–water partition coefficient (Wildman–Crippen LogP) is 3.65. The standard InChI is InChI=1S/C15H14N4S/c1-3-8-19-14(17-18-15(19)20)12-9-10(2)16-13-7-5-4-6-11(12)13/h3-7,9H,1,8H2,2H3,(H,18,20). The molecule has 0 saturated carbocycles. The van der Waals surface area contributed by atoms with E-state index in [9.17, 15) is 0 Å². The first kappa shape index (κ1) is 12.7. The molecular formula is C15H14N4S. The molecule has 4 nitrogen and oxygen atoms in total. The Bertz CT molecular complexity index is 844. The molecular weight excluding hydrogens is 268 g/mol. The molecule has 0 amide bonds. The van der Waals surface area contributed by atoms with Gasteiger partial charge in [0.15, 0.2) is 10.6 Å². The molecule has 0 spiro atoms. The summed E-state index contributed by atoms with van der Waals surface area (Å²) in [6.45, 7) is 6.38. The highest BCUT2D eigenvalue weighted by Gasteiger charge is 2.12. The van der Waals surface area contributed by atoms with E-state index in [4.69, 9.17) is 12.2 Å². The first-order valence-electron chi connectivity index (χ1n) is 6.33. The smallest absolute Gasteiger partial charge is 0.195 e. The number of rotatable bonds is 3. The number of para-hydroxylation sites is 1. The molecule has 0 aliphatic carbocycles. The summed E-state index contributed by atoms with van der Waals surface area (Å²) in [4.78, 5) is 4.55. The fourth-order valence-corrected chi connectivity index (χ4v) is 2.52. The Kier molecular flexibility index (Phi) is 3.20. The highest BCUT2D eigenvalue weighted by Crippen LogP contribution is 2.27. The van der Waals surface area contributed by atoms with Crippen LogP contribution in [-0.2, 0) is 6.54 Å². The minimum Gasteiger partial charge on any atom is -0.296 e. The summed E-state index contributed by atoms with van der Waals surface area (Å²) >= 11 is 5.28. The number of hydrogen-bond acceptors (Lipinski definition) is 3. The zero-order valence-corrected chi connectivity index (χ0v) is 11.9. The molecule has 1 aromatic carbocycles. The van der Waals surface area contributed by atoms with Crippen LogP contribution in [0.4, 0.5) is 0 Å². The number of aromatic nitrogens is 4. The molecule has 0 unspecified atom stereocenters. The second kappa shape index (κ2) is 5.02. The molecule has 3 rings (SSSR count). The first-order chi connectivity index (χ1) is 9.70. The van der Waals surface area contributed by atoms with Crippen molar-refractivity contribution in [1.29, 1.82) is 0 Å². The largest absolute Gasteiger partial charge is 0.296 e. The Morgan fingerprint density at radius 1 is 1.40 bits per heavy atom. The second-order valence-corrected chi connectivity index (χ2v) is 4.97. The second-order valence-electron chi connectivity index (χ2n) is 4.58. The molecule has 2 heterocycles. The number of allylic oxidation sites excluding steroid dienone is 1. The third-order valence-electron chi connectivity index (χ3n) is 3.16. The summed E-state index contributed by atoms with van der Waals surface area (Å²) in [5.41, 5.74) is 2.95. The van der Waals surface area contributed by atoms with Crippen LogP contribution in [0.1, 0.15) is 5.69 Å². The monoisotopic (exact) mass is 282 g/mol. The number of nitrogens with one attached hydrogen (secondary N) is 1. The molecule has 5 heteroatoms. The van der Waals surface area contributed by atoms with E-state index in [0.717, 1.165) is 28.0 Å². The fraction of sp³-hybridized carbons (Fsp3) is 0.133. The van der Waals surface area contributed by atoms with Gasteiger partial charge in [0.05, 0.1) is 5.52 Å². The maximum Gasteiger partial charge on any atom is 0.195 e. The van der Waals surface area contributed by atoms with Crippen molar-refractivity contribution in [2.24, 2.45) is 0 Å². The number of H-pyrrole nitrogens is 1. The van der Waals surface area contributed by atoms with Gasteiger partial charge in [-0.2, -0.15) is 5.10 Å². The average molecular weight is 282 g/mol. The summed E-state index contributed by atoms with van der Waals surface area (Å²) in [5, 5.41) is 8.29. The van der Waals surface area contributed by atoms with Gasteiger partial charge in [0.1, 0.15) is 0 Å². The first-order valence-corrected chi connectivity index (χ1v) is 6.74. The van der Waals surface area contributed by atoms with Crippen molar-refractivity contribution in [1.82, 2.24) is 19.7 Å². The van der Waals surface area contributed by atoms with Crippen molar-refractivity contribution in [3.8, 4) is 11.4 Å². The number of benzene rings is 1. The zero-order valence-electron chi connectivity index (χ0n) is 11.1. The van der Waals surface area contributed by atoms with Crippen LogP contribution in [0.3, 0.4) is 0 Å². The van der Waals surface area contributed by atoms with Gasteiger partial charge in [-0.3, -0.25) is 14.6 Å². The Balaban J connectivity index is 2.35. The average Bonchev–Trinajstić information content (AvgIpc) is 2.80. The summed E-state index contributed by atoms with van der Waals surface area (Å²) in [6, 6.07) is 10.1. The van der Waals surface area contributed by atoms with Gasteiger partial charge in [-0.15, -0.1) is 6.58 Å². The lowest BCUT2D eigenvalue weighted by Crippen LogP contribution is -2.00. The molecule has 0 bridgehead atoms. The summed E-state index contributed by atoms with van der Waals surface area (Å²) in [7, 11) is 0. The van der Waals surface area contributed by atoms with Crippen molar-refractivity contribution in [2.45, 2.75) is 13.5 Å². The van der Waals surface area contributed by atoms with Crippen molar-refractivity contribution < 1.29 is 0 Å². The SMILES string of the molecule is C=CCn1c(-c2cc(C)nc3ccccc23)n[nH]c1=S. The van der Waals surface area contributed by atoms with Crippen LogP contribution in [0.25, 0.3) is 22.3 Å². The highest BCUT2D eigenvalue weighted by atomic mass is 32.1. The molecule has 3 aromatic rings. The number of hydrogen-bond donors (Lipinski definition) is 1. The number of aromatic amines is 1. The zero-order chi connectivity index (χ0) is 14.1. The van der Waals surface area contributed by atoms with Crippen LogP contribution in [0, 0.1) is 11.7 Å². The predicted molar refractivity (Wildman–Crippen MR) is 83.1 cm³/mol. The molecule has 20 heavy (non-hydrogen) atoms. The molecule has 0 radical (unpaired) electrons. The van der Waals surface area contributed by atoms with Gasteiger partial charge in [0.25, 0.3) is 0 Å². The van der Waals surface area contributed by atoms with Gasteiger partial charge in [0, 0.05) is 23.2 Å². The number of nitrogens with zero attached hydrogens (tertiary/aromatic N) is 3.